The minimum absolute atomic E-state index is 0.0618. The number of nitrogens with one attached hydrogen (secondary N) is 2. The van der Waals surface area contributed by atoms with Crippen molar-refractivity contribution in [1.82, 2.24) is 9.97 Å². The van der Waals surface area contributed by atoms with Crippen LogP contribution in [-0.4, -0.2) is 21.6 Å². The van der Waals surface area contributed by atoms with Crippen molar-refractivity contribution in [2.75, 3.05) is 11.1 Å². The largest absolute Gasteiger partial charge is 0.346 e. The molecule has 0 spiro atoms. The summed E-state index contributed by atoms with van der Waals surface area (Å²) in [5.41, 5.74) is 9.53. The van der Waals surface area contributed by atoms with Gasteiger partial charge >= 0.3 is 0 Å². The Bertz CT molecular complexity index is 905. The quantitative estimate of drug-likeness (QED) is 0.665. The van der Waals surface area contributed by atoms with E-state index in [0.717, 1.165) is 45.8 Å². The number of pyridine rings is 1. The van der Waals surface area contributed by atoms with Gasteiger partial charge in [0.05, 0.1) is 5.69 Å². The van der Waals surface area contributed by atoms with E-state index in [1.165, 1.54) is 0 Å². The molecule has 1 unspecified atom stereocenters. The summed E-state index contributed by atoms with van der Waals surface area (Å²) in [5, 5.41) is 3.88. The third-order valence-electron chi connectivity index (χ3n) is 4.30. The third-order valence-corrected chi connectivity index (χ3v) is 5.46. The van der Waals surface area contributed by atoms with Crippen molar-refractivity contribution in [2.45, 2.75) is 23.8 Å². The molecule has 1 aromatic carbocycles. The molecule has 0 aliphatic carbocycles. The van der Waals surface area contributed by atoms with Crippen molar-refractivity contribution in [1.29, 1.82) is 0 Å². The first-order valence-electron chi connectivity index (χ1n) is 7.98. The Balaban J connectivity index is 1.63. The van der Waals surface area contributed by atoms with Gasteiger partial charge in [0.1, 0.15) is 5.65 Å². The lowest BCUT2D eigenvalue weighted by Gasteiger charge is -2.13. The second-order valence-corrected chi connectivity index (χ2v) is 7.04. The zero-order valence-corrected chi connectivity index (χ0v) is 13.9. The van der Waals surface area contributed by atoms with E-state index in [0.29, 0.717) is 5.56 Å². The highest BCUT2D eigenvalue weighted by Gasteiger charge is 2.18. The number of nitrogens with zero attached hydrogens (tertiary/aromatic N) is 1. The Morgan fingerprint density at radius 3 is 3.17 bits per heavy atom. The molecular formula is C18H18N4OS. The van der Waals surface area contributed by atoms with E-state index in [2.05, 4.69) is 15.3 Å². The number of fused-ring (bicyclic) bond motifs is 2. The fraction of sp³-hybridized carbons (Fsp3) is 0.222. The smallest absolute Gasteiger partial charge is 0.255 e. The van der Waals surface area contributed by atoms with E-state index in [1.54, 1.807) is 18.0 Å². The lowest BCUT2D eigenvalue weighted by atomic mass is 10.0. The average Bonchev–Trinajstić information content (AvgIpc) is 3.00. The lowest BCUT2D eigenvalue weighted by molar-refractivity contribution is 0.102. The van der Waals surface area contributed by atoms with Crippen molar-refractivity contribution in [3.05, 3.63) is 53.9 Å². The number of amides is 1. The van der Waals surface area contributed by atoms with Gasteiger partial charge in [-0.1, -0.05) is 6.07 Å². The van der Waals surface area contributed by atoms with Crippen molar-refractivity contribution in [3.63, 3.8) is 0 Å². The molecular weight excluding hydrogens is 320 g/mol. The number of aromatic amines is 1. The molecule has 0 radical (unpaired) electrons. The summed E-state index contributed by atoms with van der Waals surface area (Å²) in [5.74, 6) is 0.921. The molecule has 0 fully saturated rings. The van der Waals surface area contributed by atoms with Gasteiger partial charge in [0.2, 0.25) is 0 Å². The van der Waals surface area contributed by atoms with Crippen LogP contribution in [0.1, 0.15) is 34.8 Å². The van der Waals surface area contributed by atoms with Crippen LogP contribution >= 0.6 is 11.8 Å². The van der Waals surface area contributed by atoms with E-state index >= 15 is 0 Å². The monoisotopic (exact) mass is 338 g/mol. The zero-order valence-electron chi connectivity index (χ0n) is 13.1. The first-order valence-corrected chi connectivity index (χ1v) is 8.97. The van der Waals surface area contributed by atoms with Crippen molar-refractivity contribution in [2.24, 2.45) is 5.73 Å². The molecule has 0 bridgehead atoms. The van der Waals surface area contributed by atoms with Crippen LogP contribution in [0.3, 0.4) is 0 Å². The molecule has 24 heavy (non-hydrogen) atoms. The van der Waals surface area contributed by atoms with Crippen LogP contribution in [-0.2, 0) is 0 Å². The summed E-state index contributed by atoms with van der Waals surface area (Å²) in [4.78, 5) is 21.1. The molecule has 6 heteroatoms. The average molecular weight is 338 g/mol. The first kappa shape index (κ1) is 15.2. The number of thioether (sulfide) groups is 1. The van der Waals surface area contributed by atoms with Crippen molar-refractivity contribution in [3.8, 4) is 0 Å². The number of carbonyl (C=O) groups excluding carboxylic acids is 1. The van der Waals surface area contributed by atoms with Crippen LogP contribution in [0.2, 0.25) is 0 Å². The van der Waals surface area contributed by atoms with Crippen molar-refractivity contribution >= 4 is 34.4 Å². The Morgan fingerprint density at radius 2 is 2.25 bits per heavy atom. The molecule has 1 amide bonds. The Labute approximate surface area is 144 Å². The maximum Gasteiger partial charge on any atom is 0.255 e. The van der Waals surface area contributed by atoms with Gasteiger partial charge in [0.15, 0.2) is 0 Å². The summed E-state index contributed by atoms with van der Waals surface area (Å²) in [6.07, 6.45) is 5.59. The minimum Gasteiger partial charge on any atom is -0.346 e. The molecule has 4 rings (SSSR count). The zero-order chi connectivity index (χ0) is 16.5. The van der Waals surface area contributed by atoms with Gasteiger partial charge in [0, 0.05) is 34.3 Å². The number of hydrogen-bond acceptors (Lipinski definition) is 4. The molecule has 0 saturated heterocycles. The fourth-order valence-electron chi connectivity index (χ4n) is 3.01. The maximum atomic E-state index is 12.7. The van der Waals surface area contributed by atoms with E-state index in [4.69, 9.17) is 5.73 Å². The number of carbonyl (C=O) groups is 1. The first-order chi connectivity index (χ1) is 11.7. The molecule has 1 aliphatic heterocycles. The molecule has 1 aliphatic rings. The van der Waals surface area contributed by atoms with Crippen LogP contribution in [0.15, 0.2) is 47.6 Å². The molecule has 3 aromatic rings. The van der Waals surface area contributed by atoms with Crippen LogP contribution in [0.4, 0.5) is 5.69 Å². The predicted octanol–water partition coefficient (Wildman–Crippen LogP) is 3.70. The highest BCUT2D eigenvalue weighted by atomic mass is 32.2. The van der Waals surface area contributed by atoms with Gasteiger partial charge in [-0.25, -0.2) is 4.98 Å². The Morgan fingerprint density at radius 1 is 1.33 bits per heavy atom. The van der Waals surface area contributed by atoms with Crippen LogP contribution in [0, 0.1) is 0 Å². The molecule has 3 heterocycles. The molecule has 5 nitrogen and oxygen atoms in total. The van der Waals surface area contributed by atoms with Gasteiger partial charge in [-0.15, -0.1) is 11.8 Å². The van der Waals surface area contributed by atoms with E-state index in [-0.39, 0.29) is 11.9 Å². The molecule has 4 N–H and O–H groups in total. The molecule has 2 aromatic heterocycles. The van der Waals surface area contributed by atoms with Gasteiger partial charge in [-0.2, -0.15) is 0 Å². The topological polar surface area (TPSA) is 83.8 Å². The second kappa shape index (κ2) is 6.30. The van der Waals surface area contributed by atoms with Gasteiger partial charge in [-0.05, 0) is 48.4 Å². The number of aromatic nitrogens is 2. The van der Waals surface area contributed by atoms with E-state index in [1.807, 2.05) is 36.5 Å². The lowest BCUT2D eigenvalue weighted by Crippen LogP contribution is -2.14. The summed E-state index contributed by atoms with van der Waals surface area (Å²) in [7, 11) is 0. The van der Waals surface area contributed by atoms with Gasteiger partial charge in [-0.3, -0.25) is 4.79 Å². The predicted molar refractivity (Wildman–Crippen MR) is 97.4 cm³/mol. The minimum atomic E-state index is -0.120. The summed E-state index contributed by atoms with van der Waals surface area (Å²) in [6.45, 7) is 0. The van der Waals surface area contributed by atoms with Crippen LogP contribution in [0.25, 0.3) is 11.0 Å². The number of rotatable bonds is 2. The fourth-order valence-corrected chi connectivity index (χ4v) is 4.14. The van der Waals surface area contributed by atoms with Crippen LogP contribution in [0.5, 0.6) is 0 Å². The highest BCUT2D eigenvalue weighted by Crippen LogP contribution is 2.34. The van der Waals surface area contributed by atoms with Gasteiger partial charge < -0.3 is 16.0 Å². The summed E-state index contributed by atoms with van der Waals surface area (Å²) >= 11 is 1.78. The standard InChI is InChI=1S/C18H18N4OS/c19-14-2-1-9-24-16-10-11(3-4-12(14)16)18(23)22-15-6-8-21-17-13(15)5-7-20-17/h3-8,10,14H,1-2,9,19H2,(H2,20,21,22,23). The normalized spacial score (nSPS) is 17.3. The van der Waals surface area contributed by atoms with Crippen LogP contribution < -0.4 is 11.1 Å². The number of anilines is 1. The van der Waals surface area contributed by atoms with Gasteiger partial charge in [0.25, 0.3) is 5.91 Å². The molecule has 0 saturated carbocycles. The van der Waals surface area contributed by atoms with E-state index < -0.39 is 0 Å². The molecule has 122 valence electrons. The summed E-state index contributed by atoms with van der Waals surface area (Å²) < 4.78 is 0. The number of benzene rings is 1. The summed E-state index contributed by atoms with van der Waals surface area (Å²) in [6, 6.07) is 9.58. The van der Waals surface area contributed by atoms with Crippen molar-refractivity contribution < 1.29 is 4.79 Å². The third kappa shape index (κ3) is 2.79. The number of nitrogens with two attached hydrogens (primary N) is 1. The SMILES string of the molecule is NC1CCCSc2cc(C(=O)Nc3ccnc4[nH]ccc34)ccc21. The Hall–Kier alpha value is -2.31. The molecule has 1 atom stereocenters. The van der Waals surface area contributed by atoms with E-state index in [9.17, 15) is 4.79 Å². The number of hydrogen-bond donors (Lipinski definition) is 3. The highest BCUT2D eigenvalue weighted by molar-refractivity contribution is 7.99. The Kier molecular flexibility index (Phi) is 4.00. The maximum absolute atomic E-state index is 12.7. The number of H-pyrrole nitrogens is 1. The second-order valence-electron chi connectivity index (χ2n) is 5.90.